The molecule has 0 radical (unpaired) electrons. The molecular formula is C18H33NO9P2Si. The van der Waals surface area contributed by atoms with E-state index < -0.39 is 34.7 Å². The second-order valence-electron chi connectivity index (χ2n) is 7.42. The third-order valence-electron chi connectivity index (χ3n) is 4.22. The average Bonchev–Trinajstić information content (AvgIpc) is 2.75. The van der Waals surface area contributed by atoms with Crippen molar-refractivity contribution in [3.63, 3.8) is 0 Å². The average molecular weight is 497 g/mol. The van der Waals surface area contributed by atoms with Gasteiger partial charge in [0.2, 0.25) is 0 Å². The maximum atomic E-state index is 13.6. The van der Waals surface area contributed by atoms with Crippen molar-refractivity contribution >= 4 is 29.6 Å². The summed E-state index contributed by atoms with van der Waals surface area (Å²) in [5.74, 6) is 0. The van der Waals surface area contributed by atoms with Crippen molar-refractivity contribution in [2.24, 2.45) is 0 Å². The maximum absolute atomic E-state index is 13.6. The van der Waals surface area contributed by atoms with E-state index >= 15 is 0 Å². The molecule has 1 aromatic carbocycles. The first-order valence-electron chi connectivity index (χ1n) is 9.50. The summed E-state index contributed by atoms with van der Waals surface area (Å²) < 4.78 is 59.1. The second-order valence-corrected chi connectivity index (χ2v) is 17.1. The van der Waals surface area contributed by atoms with Crippen LogP contribution in [0.3, 0.4) is 0 Å². The van der Waals surface area contributed by atoms with Gasteiger partial charge in [-0.15, -0.1) is 0 Å². The number of hydrogen-bond donors (Lipinski definition) is 1. The maximum Gasteiger partial charge on any atom is 0.407 e. The Kier molecular flexibility index (Phi) is 10.6. The van der Waals surface area contributed by atoms with Crippen LogP contribution in [0.15, 0.2) is 30.3 Å². The smallest absolute Gasteiger partial charge is 0.407 e. The molecule has 1 rings (SSSR count). The lowest BCUT2D eigenvalue weighted by Crippen LogP contribution is -2.46. The number of rotatable bonds is 13. The highest BCUT2D eigenvalue weighted by molar-refractivity contribution is 7.74. The van der Waals surface area contributed by atoms with Gasteiger partial charge in [-0.25, -0.2) is 4.79 Å². The number of benzene rings is 1. The Morgan fingerprint density at radius 3 is 1.84 bits per heavy atom. The zero-order chi connectivity index (χ0) is 23.8. The first-order chi connectivity index (χ1) is 14.4. The first kappa shape index (κ1) is 28.0. The minimum Gasteiger partial charge on any atom is -0.445 e. The first-order valence-corrected chi connectivity index (χ1v) is 16.0. The van der Waals surface area contributed by atoms with Crippen LogP contribution < -0.4 is 5.32 Å². The molecule has 0 saturated heterocycles. The van der Waals surface area contributed by atoms with Gasteiger partial charge in [-0.3, -0.25) is 9.13 Å². The van der Waals surface area contributed by atoms with Crippen molar-refractivity contribution in [3.8, 4) is 0 Å². The molecule has 1 N–H and O–H groups in total. The fraction of sp³-hybridized carbons (Fsp3) is 0.611. The Balaban J connectivity index is 3.11. The van der Waals surface area contributed by atoms with Crippen LogP contribution in [0.25, 0.3) is 0 Å². The van der Waals surface area contributed by atoms with Crippen molar-refractivity contribution in [3.05, 3.63) is 35.9 Å². The summed E-state index contributed by atoms with van der Waals surface area (Å²) in [4.78, 5) is 12.1. The molecule has 1 amide bonds. The summed E-state index contributed by atoms with van der Waals surface area (Å²) in [5.41, 5.74) is 0.820. The highest BCUT2D eigenvalue weighted by atomic mass is 31.2. The van der Waals surface area contributed by atoms with Gasteiger partial charge in [0.15, 0.2) is 8.32 Å². The van der Waals surface area contributed by atoms with Crippen molar-refractivity contribution in [1.29, 1.82) is 0 Å². The van der Waals surface area contributed by atoms with Gasteiger partial charge < -0.3 is 32.6 Å². The van der Waals surface area contributed by atoms with E-state index in [1.54, 1.807) is 0 Å². The minimum atomic E-state index is -4.19. The Hall–Kier alpha value is -1.03. The third-order valence-corrected chi connectivity index (χ3v) is 11.3. The van der Waals surface area contributed by atoms with Gasteiger partial charge in [-0.1, -0.05) is 30.3 Å². The van der Waals surface area contributed by atoms with E-state index in [1.807, 2.05) is 50.0 Å². The molecule has 0 saturated carbocycles. The van der Waals surface area contributed by atoms with Crippen LogP contribution in [0.4, 0.5) is 4.79 Å². The zero-order valence-corrected chi connectivity index (χ0v) is 21.9. The molecule has 0 aromatic heterocycles. The lowest BCUT2D eigenvalue weighted by Gasteiger charge is -2.43. The lowest BCUT2D eigenvalue weighted by atomic mass is 10.2. The van der Waals surface area contributed by atoms with Crippen LogP contribution in [0, 0.1) is 0 Å². The van der Waals surface area contributed by atoms with Gasteiger partial charge in [0, 0.05) is 41.4 Å². The molecule has 0 fully saturated rings. The molecule has 13 heteroatoms. The standard InChI is InChI=1S/C18H33NO9P2Si/c1-23-29(21,24-2)18(28-31(5,6)7,30(22,25-3)26-4)13-14-19-17(20)27-15-16-11-9-8-10-12-16/h8-12H,13-15H2,1-7H3,(H,19,20). The van der Waals surface area contributed by atoms with Crippen LogP contribution in [-0.4, -0.2) is 54.5 Å². The van der Waals surface area contributed by atoms with Crippen LogP contribution in [0.1, 0.15) is 12.0 Å². The van der Waals surface area contributed by atoms with Gasteiger partial charge in [0.1, 0.15) is 6.61 Å². The van der Waals surface area contributed by atoms with E-state index in [4.69, 9.17) is 27.3 Å². The summed E-state index contributed by atoms with van der Waals surface area (Å²) in [6, 6.07) is 9.16. The zero-order valence-electron chi connectivity index (χ0n) is 19.1. The van der Waals surface area contributed by atoms with Gasteiger partial charge in [-0.2, -0.15) is 0 Å². The summed E-state index contributed by atoms with van der Waals surface area (Å²) in [6.07, 6.45) is -0.949. The number of carbonyl (C=O) groups excluding carboxylic acids is 1. The second kappa shape index (κ2) is 11.7. The summed E-state index contributed by atoms with van der Waals surface area (Å²) >= 11 is 0. The van der Waals surface area contributed by atoms with Crippen LogP contribution >= 0.6 is 15.2 Å². The SMILES string of the molecule is COP(=O)(OC)C(CCNC(=O)OCc1ccccc1)(O[Si](C)(C)C)P(=O)(OC)OC. The van der Waals surface area contributed by atoms with Gasteiger partial charge in [0.25, 0.3) is 5.08 Å². The predicted molar refractivity (Wildman–Crippen MR) is 120 cm³/mol. The molecule has 0 unspecified atom stereocenters. The molecule has 1 aromatic rings. The largest absolute Gasteiger partial charge is 0.445 e. The van der Waals surface area contributed by atoms with Crippen molar-refractivity contribution in [2.75, 3.05) is 35.0 Å². The molecule has 10 nitrogen and oxygen atoms in total. The topological polar surface area (TPSA) is 119 Å². The Morgan fingerprint density at radius 1 is 0.935 bits per heavy atom. The molecule has 31 heavy (non-hydrogen) atoms. The van der Waals surface area contributed by atoms with E-state index in [1.165, 1.54) is 0 Å². The molecular weight excluding hydrogens is 464 g/mol. The van der Waals surface area contributed by atoms with Gasteiger partial charge in [-0.05, 0) is 25.2 Å². The molecule has 0 aliphatic carbocycles. The van der Waals surface area contributed by atoms with Crippen LogP contribution in [0.5, 0.6) is 0 Å². The molecule has 0 bridgehead atoms. The Bertz CT molecular complexity index is 759. The fourth-order valence-electron chi connectivity index (χ4n) is 2.90. The number of amides is 1. The third kappa shape index (κ3) is 6.97. The van der Waals surface area contributed by atoms with Crippen LogP contribution in [-0.2, 0) is 43.0 Å². The summed E-state index contributed by atoms with van der Waals surface area (Å²) in [5, 5.41) is 0.451. The number of alkyl carbamates (subject to hydrolysis) is 1. The Morgan fingerprint density at radius 2 is 1.42 bits per heavy atom. The molecule has 0 heterocycles. The van der Waals surface area contributed by atoms with E-state index in [0.29, 0.717) is 0 Å². The molecule has 0 atom stereocenters. The van der Waals surface area contributed by atoms with Crippen molar-refractivity contribution in [2.45, 2.75) is 37.8 Å². The molecule has 178 valence electrons. The highest BCUT2D eigenvalue weighted by Gasteiger charge is 2.66. The minimum absolute atomic E-state index is 0.0759. The number of ether oxygens (including phenoxy) is 1. The normalized spacial score (nSPS) is 13.1. The molecule has 0 aliphatic rings. The summed E-state index contributed by atoms with van der Waals surface area (Å²) in [6.45, 7) is 5.40. The Labute approximate surface area is 185 Å². The van der Waals surface area contributed by atoms with E-state index in [0.717, 1.165) is 34.0 Å². The highest BCUT2D eigenvalue weighted by Crippen LogP contribution is 2.79. The quantitative estimate of drug-likeness (QED) is 0.303. The van der Waals surface area contributed by atoms with E-state index in [2.05, 4.69) is 5.32 Å². The lowest BCUT2D eigenvalue weighted by molar-refractivity contribution is 0.106. The van der Waals surface area contributed by atoms with Crippen molar-refractivity contribution in [1.82, 2.24) is 5.32 Å². The number of carbonyl (C=O) groups is 1. The monoisotopic (exact) mass is 497 g/mol. The van der Waals surface area contributed by atoms with Gasteiger partial charge >= 0.3 is 21.3 Å². The molecule has 0 aliphatic heterocycles. The predicted octanol–water partition coefficient (Wildman–Crippen LogP) is 4.78. The number of nitrogens with one attached hydrogen (secondary N) is 1. The van der Waals surface area contributed by atoms with E-state index in [-0.39, 0.29) is 19.6 Å². The molecule has 0 spiro atoms. The summed E-state index contributed by atoms with van der Waals surface area (Å²) in [7, 11) is -6.27. The van der Waals surface area contributed by atoms with Crippen LogP contribution in [0.2, 0.25) is 19.6 Å². The van der Waals surface area contributed by atoms with Crippen molar-refractivity contribution < 1.29 is 41.2 Å². The fourth-order valence-corrected chi connectivity index (χ4v) is 10.9. The van der Waals surface area contributed by atoms with Gasteiger partial charge in [0.05, 0.1) is 0 Å². The van der Waals surface area contributed by atoms with E-state index in [9.17, 15) is 13.9 Å². The number of hydrogen-bond acceptors (Lipinski definition) is 9.